The summed E-state index contributed by atoms with van der Waals surface area (Å²) in [7, 11) is -1.97. The molecule has 0 fully saturated rings. The lowest BCUT2D eigenvalue weighted by Crippen LogP contribution is -2.39. The second kappa shape index (κ2) is 6.00. The van der Waals surface area contributed by atoms with Crippen LogP contribution in [0.4, 0.5) is 0 Å². The third kappa shape index (κ3) is 4.28. The van der Waals surface area contributed by atoms with Crippen molar-refractivity contribution in [2.45, 2.75) is 37.8 Å². The summed E-state index contributed by atoms with van der Waals surface area (Å²) in [6, 6.07) is 4.94. The average Bonchev–Trinajstić information content (AvgIpc) is 2.36. The van der Waals surface area contributed by atoms with Crippen LogP contribution in [0.3, 0.4) is 0 Å². The maximum Gasteiger partial charge on any atom is 0.240 e. The molecule has 19 heavy (non-hydrogen) atoms. The quantitative estimate of drug-likeness (QED) is 0.822. The number of hydrogen-bond acceptors (Lipinski definition) is 4. The molecule has 1 aromatic rings. The Labute approximate surface area is 115 Å². The Hall–Kier alpha value is -0.950. The molecule has 0 aliphatic heterocycles. The first-order valence-electron chi connectivity index (χ1n) is 6.06. The first kappa shape index (κ1) is 16.1. The summed E-state index contributed by atoms with van der Waals surface area (Å²) < 4.78 is 32.0. The Morgan fingerprint density at radius 1 is 1.37 bits per heavy atom. The topological polar surface area (TPSA) is 81.4 Å². The summed E-state index contributed by atoms with van der Waals surface area (Å²) >= 11 is 0. The van der Waals surface area contributed by atoms with Crippen molar-refractivity contribution in [3.8, 4) is 0 Å². The lowest BCUT2D eigenvalue weighted by molar-refractivity contribution is 0.0276. The van der Waals surface area contributed by atoms with Gasteiger partial charge in [-0.05, 0) is 44.0 Å². The Balaban J connectivity index is 2.92. The Morgan fingerprint density at radius 3 is 2.47 bits per heavy atom. The Kier molecular flexibility index (Phi) is 5.09. The Morgan fingerprint density at radius 2 is 2.00 bits per heavy atom. The van der Waals surface area contributed by atoms with Crippen LogP contribution in [0.5, 0.6) is 0 Å². The molecule has 1 aromatic carbocycles. The van der Waals surface area contributed by atoms with Crippen molar-refractivity contribution in [1.82, 2.24) is 4.72 Å². The van der Waals surface area contributed by atoms with E-state index in [0.29, 0.717) is 6.54 Å². The first-order valence-corrected chi connectivity index (χ1v) is 7.54. The van der Waals surface area contributed by atoms with Gasteiger partial charge in [-0.3, -0.25) is 0 Å². The fourth-order valence-corrected chi connectivity index (χ4v) is 2.77. The predicted octanol–water partition coefficient (Wildman–Crippen LogP) is 1.16. The zero-order chi connectivity index (χ0) is 14.7. The van der Waals surface area contributed by atoms with Crippen LogP contribution in [0.2, 0.25) is 0 Å². The molecule has 0 amide bonds. The van der Waals surface area contributed by atoms with Crippen LogP contribution >= 0.6 is 0 Å². The second-order valence-corrected chi connectivity index (χ2v) is 6.85. The van der Waals surface area contributed by atoms with Gasteiger partial charge in [-0.25, -0.2) is 13.1 Å². The molecule has 0 atom stereocenters. The second-order valence-electron chi connectivity index (χ2n) is 5.08. The monoisotopic (exact) mass is 286 g/mol. The maximum absolute atomic E-state index is 12.1. The smallest absolute Gasteiger partial charge is 0.240 e. The van der Waals surface area contributed by atoms with Crippen LogP contribution in [0.1, 0.15) is 25.0 Å². The lowest BCUT2D eigenvalue weighted by Gasteiger charge is -2.23. The van der Waals surface area contributed by atoms with Crippen LogP contribution in [0.15, 0.2) is 23.1 Å². The largest absolute Gasteiger partial charge is 0.377 e. The van der Waals surface area contributed by atoms with Crippen molar-refractivity contribution < 1.29 is 13.2 Å². The van der Waals surface area contributed by atoms with Crippen molar-refractivity contribution in [3.05, 3.63) is 29.3 Å². The lowest BCUT2D eigenvalue weighted by atomic mass is 10.1. The van der Waals surface area contributed by atoms with Gasteiger partial charge in [0.1, 0.15) is 0 Å². The van der Waals surface area contributed by atoms with Gasteiger partial charge >= 0.3 is 0 Å². The van der Waals surface area contributed by atoms with E-state index in [4.69, 9.17) is 10.5 Å². The molecule has 108 valence electrons. The van der Waals surface area contributed by atoms with E-state index in [0.717, 1.165) is 11.1 Å². The molecule has 0 aromatic heterocycles. The van der Waals surface area contributed by atoms with Gasteiger partial charge in [-0.2, -0.15) is 0 Å². The first-order chi connectivity index (χ1) is 8.72. The summed E-state index contributed by atoms with van der Waals surface area (Å²) in [4.78, 5) is 0.245. The minimum atomic E-state index is -3.52. The van der Waals surface area contributed by atoms with Crippen LogP contribution in [-0.2, 0) is 21.3 Å². The van der Waals surface area contributed by atoms with Gasteiger partial charge in [0.25, 0.3) is 0 Å². The number of ether oxygens (including phenoxy) is 1. The van der Waals surface area contributed by atoms with E-state index < -0.39 is 15.6 Å². The minimum Gasteiger partial charge on any atom is -0.377 e. The molecule has 0 unspecified atom stereocenters. The molecule has 0 aliphatic rings. The number of sulfonamides is 1. The van der Waals surface area contributed by atoms with Crippen molar-refractivity contribution in [2.75, 3.05) is 13.7 Å². The number of benzene rings is 1. The van der Waals surface area contributed by atoms with Crippen LogP contribution < -0.4 is 10.5 Å². The molecule has 0 aliphatic carbocycles. The number of nitrogens with two attached hydrogens (primary N) is 1. The highest BCUT2D eigenvalue weighted by atomic mass is 32.2. The standard InChI is InChI=1S/C13H22N2O3S/c1-10-7-12(6-5-11(10)8-14)19(16,17)15-9-13(2,3)18-4/h5-7,15H,8-9,14H2,1-4H3. The average molecular weight is 286 g/mol. The van der Waals surface area contributed by atoms with Crippen molar-refractivity contribution in [2.24, 2.45) is 5.73 Å². The molecular weight excluding hydrogens is 264 g/mol. The summed E-state index contributed by atoms with van der Waals surface area (Å²) in [6.07, 6.45) is 0. The van der Waals surface area contributed by atoms with E-state index in [-0.39, 0.29) is 11.4 Å². The highest BCUT2D eigenvalue weighted by molar-refractivity contribution is 7.89. The molecule has 0 spiro atoms. The summed E-state index contributed by atoms with van der Waals surface area (Å²) in [5.74, 6) is 0. The van der Waals surface area contributed by atoms with E-state index in [2.05, 4.69) is 4.72 Å². The van der Waals surface area contributed by atoms with Crippen molar-refractivity contribution in [1.29, 1.82) is 0 Å². The molecule has 3 N–H and O–H groups in total. The summed E-state index contributed by atoms with van der Waals surface area (Å²) in [5, 5.41) is 0. The molecule has 0 heterocycles. The molecule has 6 heteroatoms. The minimum absolute atomic E-state index is 0.212. The number of rotatable bonds is 6. The van der Waals surface area contributed by atoms with E-state index in [9.17, 15) is 8.42 Å². The number of aryl methyl sites for hydroxylation is 1. The molecule has 0 saturated heterocycles. The van der Waals surface area contributed by atoms with Gasteiger partial charge in [0.2, 0.25) is 10.0 Å². The normalized spacial score (nSPS) is 12.7. The molecule has 0 bridgehead atoms. The fraction of sp³-hybridized carbons (Fsp3) is 0.538. The van der Waals surface area contributed by atoms with Crippen LogP contribution in [0, 0.1) is 6.92 Å². The van der Waals surface area contributed by atoms with Gasteiger partial charge in [0, 0.05) is 20.2 Å². The molecule has 5 nitrogen and oxygen atoms in total. The van der Waals surface area contributed by atoms with Gasteiger partial charge < -0.3 is 10.5 Å². The van der Waals surface area contributed by atoms with Crippen LogP contribution in [0.25, 0.3) is 0 Å². The molecule has 0 saturated carbocycles. The summed E-state index contributed by atoms with van der Waals surface area (Å²) in [5.41, 5.74) is 6.83. The molecule has 0 radical (unpaired) electrons. The molecular formula is C13H22N2O3S. The fourth-order valence-electron chi connectivity index (χ4n) is 1.49. The van der Waals surface area contributed by atoms with Gasteiger partial charge in [-0.15, -0.1) is 0 Å². The van der Waals surface area contributed by atoms with E-state index >= 15 is 0 Å². The molecule has 1 rings (SSSR count). The van der Waals surface area contributed by atoms with Crippen LogP contribution in [-0.4, -0.2) is 27.7 Å². The van der Waals surface area contributed by atoms with Crippen molar-refractivity contribution >= 4 is 10.0 Å². The van der Waals surface area contributed by atoms with E-state index in [1.807, 2.05) is 20.8 Å². The van der Waals surface area contributed by atoms with Gasteiger partial charge in [0.05, 0.1) is 10.5 Å². The Bertz CT molecular complexity index is 539. The predicted molar refractivity (Wildman–Crippen MR) is 75.3 cm³/mol. The zero-order valence-electron chi connectivity index (χ0n) is 11.9. The number of methoxy groups -OCH3 is 1. The van der Waals surface area contributed by atoms with Gasteiger partial charge in [0.15, 0.2) is 0 Å². The third-order valence-corrected chi connectivity index (χ3v) is 4.48. The zero-order valence-corrected chi connectivity index (χ0v) is 12.7. The third-order valence-electron chi connectivity index (χ3n) is 3.08. The van der Waals surface area contributed by atoms with E-state index in [1.165, 1.54) is 0 Å². The summed E-state index contributed by atoms with van der Waals surface area (Å²) in [6.45, 7) is 6.09. The number of nitrogens with one attached hydrogen (secondary N) is 1. The SMILES string of the molecule is COC(C)(C)CNS(=O)(=O)c1ccc(CN)c(C)c1. The van der Waals surface area contributed by atoms with E-state index in [1.54, 1.807) is 25.3 Å². The highest BCUT2D eigenvalue weighted by Crippen LogP contribution is 2.16. The van der Waals surface area contributed by atoms with Gasteiger partial charge in [-0.1, -0.05) is 6.07 Å². The van der Waals surface area contributed by atoms with Crippen molar-refractivity contribution in [3.63, 3.8) is 0 Å². The highest BCUT2D eigenvalue weighted by Gasteiger charge is 2.21. The maximum atomic E-state index is 12.1. The number of hydrogen-bond donors (Lipinski definition) is 2.